The molecule has 2 aromatic carbocycles. The number of rotatable bonds is 3. The summed E-state index contributed by atoms with van der Waals surface area (Å²) in [6.45, 7) is 2.14. The zero-order chi connectivity index (χ0) is 14.1. The lowest BCUT2D eigenvalue weighted by Crippen LogP contribution is -1.92. The maximum absolute atomic E-state index is 5.84. The standard InChI is InChI=1S/C16H17N3O/c1-3-10-4-7-13-14(8-10)19-16(18-13)11-5-6-12(17)15(9-11)20-2/h4-9H,3,17H2,1-2H3,(H,18,19). The van der Waals surface area contributed by atoms with E-state index in [1.54, 1.807) is 7.11 Å². The maximum atomic E-state index is 5.84. The van der Waals surface area contributed by atoms with Gasteiger partial charge in [0.25, 0.3) is 0 Å². The van der Waals surface area contributed by atoms with Crippen molar-refractivity contribution in [3.8, 4) is 17.1 Å². The van der Waals surface area contributed by atoms with Crippen molar-refractivity contribution < 1.29 is 4.74 Å². The molecule has 20 heavy (non-hydrogen) atoms. The summed E-state index contributed by atoms with van der Waals surface area (Å²) in [4.78, 5) is 7.96. The van der Waals surface area contributed by atoms with Crippen molar-refractivity contribution in [2.45, 2.75) is 13.3 Å². The molecule has 0 atom stereocenters. The van der Waals surface area contributed by atoms with Gasteiger partial charge in [-0.1, -0.05) is 13.0 Å². The Bertz CT molecular complexity index is 762. The molecule has 1 heterocycles. The van der Waals surface area contributed by atoms with Gasteiger partial charge in [0.15, 0.2) is 0 Å². The highest BCUT2D eigenvalue weighted by molar-refractivity contribution is 5.80. The van der Waals surface area contributed by atoms with E-state index in [-0.39, 0.29) is 0 Å². The molecule has 0 aliphatic rings. The summed E-state index contributed by atoms with van der Waals surface area (Å²) in [6.07, 6.45) is 1.01. The average molecular weight is 267 g/mol. The molecule has 0 saturated heterocycles. The molecule has 3 rings (SSSR count). The van der Waals surface area contributed by atoms with Gasteiger partial charge in [0.1, 0.15) is 11.6 Å². The van der Waals surface area contributed by atoms with E-state index in [0.29, 0.717) is 11.4 Å². The van der Waals surface area contributed by atoms with Crippen LogP contribution in [0.25, 0.3) is 22.4 Å². The summed E-state index contributed by atoms with van der Waals surface area (Å²) in [5.41, 5.74) is 10.7. The number of imidazole rings is 1. The summed E-state index contributed by atoms with van der Waals surface area (Å²) >= 11 is 0. The lowest BCUT2D eigenvalue weighted by atomic mass is 10.1. The van der Waals surface area contributed by atoms with Crippen LogP contribution in [0.1, 0.15) is 12.5 Å². The highest BCUT2D eigenvalue weighted by Crippen LogP contribution is 2.28. The summed E-state index contributed by atoms with van der Waals surface area (Å²) < 4.78 is 5.25. The van der Waals surface area contributed by atoms with Gasteiger partial charge in [-0.3, -0.25) is 0 Å². The van der Waals surface area contributed by atoms with Crippen molar-refractivity contribution in [3.63, 3.8) is 0 Å². The molecule has 0 aliphatic heterocycles. The first-order chi connectivity index (χ1) is 9.71. The van der Waals surface area contributed by atoms with Crippen LogP contribution in [0.3, 0.4) is 0 Å². The average Bonchev–Trinajstić information content (AvgIpc) is 2.90. The summed E-state index contributed by atoms with van der Waals surface area (Å²) in [6, 6.07) is 12.0. The number of hydrogen-bond donors (Lipinski definition) is 2. The first-order valence-corrected chi connectivity index (χ1v) is 6.63. The van der Waals surface area contributed by atoms with Gasteiger partial charge in [0, 0.05) is 5.56 Å². The van der Waals surface area contributed by atoms with Gasteiger partial charge in [-0.05, 0) is 42.3 Å². The van der Waals surface area contributed by atoms with Crippen molar-refractivity contribution >= 4 is 16.7 Å². The Morgan fingerprint density at radius 2 is 2.05 bits per heavy atom. The zero-order valence-electron chi connectivity index (χ0n) is 11.6. The zero-order valence-corrected chi connectivity index (χ0v) is 11.6. The normalized spacial score (nSPS) is 10.9. The van der Waals surface area contributed by atoms with Crippen LogP contribution >= 0.6 is 0 Å². The Labute approximate surface area is 117 Å². The molecule has 0 bridgehead atoms. The van der Waals surface area contributed by atoms with Gasteiger partial charge in [0.05, 0.1) is 23.8 Å². The van der Waals surface area contributed by atoms with Gasteiger partial charge < -0.3 is 15.5 Å². The van der Waals surface area contributed by atoms with E-state index in [2.05, 4.69) is 29.0 Å². The fourth-order valence-electron chi connectivity index (χ4n) is 2.27. The van der Waals surface area contributed by atoms with Crippen LogP contribution in [0.15, 0.2) is 36.4 Å². The third-order valence-electron chi connectivity index (χ3n) is 3.46. The van der Waals surface area contributed by atoms with Crippen LogP contribution in [-0.4, -0.2) is 17.1 Å². The highest BCUT2D eigenvalue weighted by atomic mass is 16.5. The Kier molecular flexibility index (Phi) is 3.06. The third kappa shape index (κ3) is 2.09. The van der Waals surface area contributed by atoms with E-state index in [1.807, 2.05) is 24.3 Å². The number of fused-ring (bicyclic) bond motifs is 1. The van der Waals surface area contributed by atoms with Crippen molar-refractivity contribution in [3.05, 3.63) is 42.0 Å². The number of nitrogens with two attached hydrogens (primary N) is 1. The Balaban J connectivity index is 2.09. The smallest absolute Gasteiger partial charge is 0.142 e. The van der Waals surface area contributed by atoms with E-state index in [4.69, 9.17) is 10.5 Å². The summed E-state index contributed by atoms with van der Waals surface area (Å²) in [5, 5.41) is 0. The lowest BCUT2D eigenvalue weighted by molar-refractivity contribution is 0.417. The number of aromatic amines is 1. The van der Waals surface area contributed by atoms with Gasteiger partial charge in [0.2, 0.25) is 0 Å². The monoisotopic (exact) mass is 267 g/mol. The SMILES string of the molecule is CCc1ccc2nc(-c3ccc(N)c(OC)c3)[nH]c2c1. The molecule has 0 spiro atoms. The first kappa shape index (κ1) is 12.5. The largest absolute Gasteiger partial charge is 0.495 e. The molecule has 1 aromatic heterocycles. The van der Waals surface area contributed by atoms with Gasteiger partial charge >= 0.3 is 0 Å². The van der Waals surface area contributed by atoms with Crippen molar-refractivity contribution in [1.29, 1.82) is 0 Å². The summed E-state index contributed by atoms with van der Waals surface area (Å²) in [5.74, 6) is 1.49. The molecular formula is C16H17N3O. The minimum atomic E-state index is 0.626. The topological polar surface area (TPSA) is 63.9 Å². The predicted molar refractivity (Wildman–Crippen MR) is 81.9 cm³/mol. The second-order valence-corrected chi connectivity index (χ2v) is 4.75. The van der Waals surface area contributed by atoms with Crippen LogP contribution < -0.4 is 10.5 Å². The second kappa shape index (κ2) is 4.89. The molecule has 3 aromatic rings. The first-order valence-electron chi connectivity index (χ1n) is 6.63. The predicted octanol–water partition coefficient (Wildman–Crippen LogP) is 3.38. The molecular weight excluding hydrogens is 250 g/mol. The number of methoxy groups -OCH3 is 1. The quantitative estimate of drug-likeness (QED) is 0.715. The van der Waals surface area contributed by atoms with Crippen molar-refractivity contribution in [1.82, 2.24) is 9.97 Å². The molecule has 0 unspecified atom stereocenters. The van der Waals surface area contributed by atoms with Gasteiger partial charge in [-0.15, -0.1) is 0 Å². The number of benzene rings is 2. The fourth-order valence-corrected chi connectivity index (χ4v) is 2.27. The fraction of sp³-hybridized carbons (Fsp3) is 0.188. The number of anilines is 1. The van der Waals surface area contributed by atoms with E-state index >= 15 is 0 Å². The minimum absolute atomic E-state index is 0.626. The maximum Gasteiger partial charge on any atom is 0.142 e. The Morgan fingerprint density at radius 3 is 2.80 bits per heavy atom. The molecule has 4 nitrogen and oxygen atoms in total. The molecule has 4 heteroatoms. The van der Waals surface area contributed by atoms with E-state index in [9.17, 15) is 0 Å². The van der Waals surface area contributed by atoms with E-state index in [1.165, 1.54) is 5.56 Å². The number of aryl methyl sites for hydroxylation is 1. The number of nitrogens with zero attached hydrogens (tertiary/aromatic N) is 1. The molecule has 0 radical (unpaired) electrons. The number of aromatic nitrogens is 2. The van der Waals surface area contributed by atoms with E-state index < -0.39 is 0 Å². The van der Waals surface area contributed by atoms with Crippen LogP contribution in [0.4, 0.5) is 5.69 Å². The van der Waals surface area contributed by atoms with Crippen molar-refractivity contribution in [2.75, 3.05) is 12.8 Å². The van der Waals surface area contributed by atoms with E-state index in [0.717, 1.165) is 28.8 Å². The van der Waals surface area contributed by atoms with Crippen LogP contribution in [-0.2, 0) is 6.42 Å². The lowest BCUT2D eigenvalue weighted by Gasteiger charge is -2.05. The molecule has 3 N–H and O–H groups in total. The molecule has 0 saturated carbocycles. The molecule has 102 valence electrons. The highest BCUT2D eigenvalue weighted by Gasteiger charge is 2.08. The molecule has 0 amide bonds. The summed E-state index contributed by atoms with van der Waals surface area (Å²) in [7, 11) is 1.61. The molecule has 0 aliphatic carbocycles. The third-order valence-corrected chi connectivity index (χ3v) is 3.46. The Morgan fingerprint density at radius 1 is 1.20 bits per heavy atom. The second-order valence-electron chi connectivity index (χ2n) is 4.75. The van der Waals surface area contributed by atoms with Gasteiger partial charge in [-0.25, -0.2) is 4.98 Å². The number of hydrogen-bond acceptors (Lipinski definition) is 3. The number of nitrogens with one attached hydrogen (secondary N) is 1. The van der Waals surface area contributed by atoms with Crippen LogP contribution in [0.2, 0.25) is 0 Å². The number of H-pyrrole nitrogens is 1. The Hall–Kier alpha value is -2.49. The number of ether oxygens (including phenoxy) is 1. The minimum Gasteiger partial charge on any atom is -0.495 e. The van der Waals surface area contributed by atoms with Gasteiger partial charge in [-0.2, -0.15) is 0 Å². The van der Waals surface area contributed by atoms with Crippen LogP contribution in [0, 0.1) is 0 Å². The van der Waals surface area contributed by atoms with Crippen molar-refractivity contribution in [2.24, 2.45) is 0 Å². The van der Waals surface area contributed by atoms with Crippen LogP contribution in [0.5, 0.6) is 5.75 Å². The molecule has 0 fully saturated rings. The number of nitrogen functional groups attached to an aromatic ring is 1.